The van der Waals surface area contributed by atoms with Gasteiger partial charge in [0.05, 0.1) is 0 Å². The average Bonchev–Trinajstić information content (AvgIpc) is 2.04. The molecule has 0 fully saturated rings. The Labute approximate surface area is 69.9 Å². The molecule has 0 radical (unpaired) electrons. The number of nitrogens with one attached hydrogen (secondary N) is 1. The summed E-state index contributed by atoms with van der Waals surface area (Å²) in [6.07, 6.45) is 4.77. The van der Waals surface area contributed by atoms with Gasteiger partial charge in [-0.1, -0.05) is 12.2 Å². The Morgan fingerprint density at radius 1 is 1.67 bits per heavy atom. The fourth-order valence-corrected chi connectivity index (χ4v) is 1.03. The number of allylic oxidation sites excluding steroid dienone is 3. The summed E-state index contributed by atoms with van der Waals surface area (Å²) in [7, 11) is 0. The zero-order valence-corrected chi connectivity index (χ0v) is 6.50. The summed E-state index contributed by atoms with van der Waals surface area (Å²) in [5.74, 6) is -1.17. The number of rotatable bonds is 1. The molecule has 1 aliphatic rings. The van der Waals surface area contributed by atoms with Gasteiger partial charge in [-0.05, 0) is 12.8 Å². The van der Waals surface area contributed by atoms with Crippen LogP contribution in [0.3, 0.4) is 0 Å². The van der Waals surface area contributed by atoms with Gasteiger partial charge in [-0.3, -0.25) is 0 Å². The molecular formula is C8H10N2O2. The molecule has 0 aromatic carbocycles. The van der Waals surface area contributed by atoms with Crippen molar-refractivity contribution in [1.29, 1.82) is 5.41 Å². The van der Waals surface area contributed by atoms with Crippen molar-refractivity contribution < 1.29 is 9.90 Å². The van der Waals surface area contributed by atoms with Crippen LogP contribution in [0.4, 0.5) is 0 Å². The summed E-state index contributed by atoms with van der Waals surface area (Å²) in [6.45, 7) is 0. The maximum atomic E-state index is 10.4. The molecular weight excluding hydrogens is 156 g/mol. The second-order valence-electron chi connectivity index (χ2n) is 2.55. The third kappa shape index (κ3) is 1.53. The maximum absolute atomic E-state index is 10.4. The molecule has 0 atom stereocenters. The van der Waals surface area contributed by atoms with Crippen LogP contribution in [0.15, 0.2) is 23.4 Å². The lowest BCUT2D eigenvalue weighted by Gasteiger charge is -2.10. The van der Waals surface area contributed by atoms with E-state index in [9.17, 15) is 4.79 Å². The van der Waals surface area contributed by atoms with Crippen molar-refractivity contribution >= 4 is 11.7 Å². The summed E-state index contributed by atoms with van der Waals surface area (Å²) < 4.78 is 0. The van der Waals surface area contributed by atoms with Gasteiger partial charge in [-0.25, -0.2) is 4.79 Å². The normalized spacial score (nSPS) is 20.8. The van der Waals surface area contributed by atoms with E-state index in [-0.39, 0.29) is 5.70 Å². The summed E-state index contributed by atoms with van der Waals surface area (Å²) in [4.78, 5) is 10.4. The Morgan fingerprint density at radius 3 is 2.83 bits per heavy atom. The van der Waals surface area contributed by atoms with Crippen LogP contribution in [0, 0.1) is 5.41 Å². The minimum absolute atomic E-state index is 0.240. The van der Waals surface area contributed by atoms with Gasteiger partial charge in [-0.15, -0.1) is 0 Å². The van der Waals surface area contributed by atoms with Gasteiger partial charge in [0.2, 0.25) is 0 Å². The summed E-state index contributed by atoms with van der Waals surface area (Å²) in [5.41, 5.74) is 5.67. The van der Waals surface area contributed by atoms with Crippen molar-refractivity contribution in [2.75, 3.05) is 0 Å². The monoisotopic (exact) mass is 166 g/mol. The predicted octanol–water partition coefficient (Wildman–Crippen LogP) is 0.654. The van der Waals surface area contributed by atoms with Gasteiger partial charge in [0, 0.05) is 11.3 Å². The van der Waals surface area contributed by atoms with Crippen molar-refractivity contribution in [3.63, 3.8) is 0 Å². The number of aliphatic carboxylic acids is 1. The Bertz CT molecular complexity index is 289. The molecule has 0 saturated carbocycles. The van der Waals surface area contributed by atoms with E-state index < -0.39 is 5.97 Å². The van der Waals surface area contributed by atoms with Crippen molar-refractivity contribution in [1.82, 2.24) is 0 Å². The second kappa shape index (κ2) is 3.21. The minimum Gasteiger partial charge on any atom is -0.477 e. The number of carboxylic acids is 1. The fourth-order valence-electron chi connectivity index (χ4n) is 1.03. The first kappa shape index (κ1) is 8.52. The molecule has 0 heterocycles. The van der Waals surface area contributed by atoms with Crippen molar-refractivity contribution in [3.05, 3.63) is 23.4 Å². The lowest BCUT2D eigenvalue weighted by Crippen LogP contribution is -2.18. The number of nitrogens with two attached hydrogens (primary N) is 1. The van der Waals surface area contributed by atoms with Crippen LogP contribution in [0.25, 0.3) is 0 Å². The quantitative estimate of drug-likeness (QED) is 0.500. The van der Waals surface area contributed by atoms with Gasteiger partial charge in [-0.2, -0.15) is 0 Å². The zero-order chi connectivity index (χ0) is 9.14. The summed E-state index contributed by atoms with van der Waals surface area (Å²) >= 11 is 0. The number of hydrogen-bond acceptors (Lipinski definition) is 3. The Morgan fingerprint density at radius 2 is 2.33 bits per heavy atom. The zero-order valence-electron chi connectivity index (χ0n) is 6.50. The molecule has 0 bridgehead atoms. The van der Waals surface area contributed by atoms with E-state index in [1.54, 1.807) is 6.08 Å². The lowest BCUT2D eigenvalue weighted by atomic mass is 9.98. The number of hydrogen-bond donors (Lipinski definition) is 3. The Hall–Kier alpha value is -1.58. The predicted molar refractivity (Wildman–Crippen MR) is 44.9 cm³/mol. The highest BCUT2D eigenvalue weighted by Gasteiger charge is 2.14. The van der Waals surface area contributed by atoms with Crippen molar-refractivity contribution in [3.8, 4) is 0 Å². The van der Waals surface area contributed by atoms with Crippen molar-refractivity contribution in [2.24, 2.45) is 5.73 Å². The number of carboxylic acid groups (broad SMARTS) is 1. The van der Waals surface area contributed by atoms with Crippen LogP contribution in [0.5, 0.6) is 0 Å². The topological polar surface area (TPSA) is 87.2 Å². The van der Waals surface area contributed by atoms with Gasteiger partial charge in [0.15, 0.2) is 0 Å². The third-order valence-corrected chi connectivity index (χ3v) is 1.69. The van der Waals surface area contributed by atoms with Crippen LogP contribution in [0.1, 0.15) is 12.8 Å². The highest BCUT2D eigenvalue weighted by Crippen LogP contribution is 2.14. The molecule has 4 N–H and O–H groups in total. The van der Waals surface area contributed by atoms with E-state index in [0.717, 1.165) is 6.42 Å². The van der Waals surface area contributed by atoms with Gasteiger partial charge < -0.3 is 16.2 Å². The first-order valence-corrected chi connectivity index (χ1v) is 3.60. The fraction of sp³-hybridized carbons (Fsp3) is 0.250. The molecule has 1 aliphatic carbocycles. The van der Waals surface area contributed by atoms with Gasteiger partial charge in [0.25, 0.3) is 0 Å². The third-order valence-electron chi connectivity index (χ3n) is 1.69. The standard InChI is InChI=1S/C8H10N2O2/c9-6-4-2-1-3-5(6)7(10)8(11)12/h1,3,9H,2,4,10H2,(H,11,12). The van der Waals surface area contributed by atoms with E-state index in [4.69, 9.17) is 16.2 Å². The molecule has 1 rings (SSSR count). The average molecular weight is 166 g/mol. The van der Waals surface area contributed by atoms with E-state index in [0.29, 0.717) is 17.7 Å². The highest BCUT2D eigenvalue weighted by atomic mass is 16.4. The van der Waals surface area contributed by atoms with Gasteiger partial charge >= 0.3 is 5.97 Å². The maximum Gasteiger partial charge on any atom is 0.352 e. The smallest absolute Gasteiger partial charge is 0.352 e. The lowest BCUT2D eigenvalue weighted by molar-refractivity contribution is -0.132. The molecule has 4 heteroatoms. The van der Waals surface area contributed by atoms with Crippen LogP contribution in [-0.4, -0.2) is 16.8 Å². The molecule has 4 nitrogen and oxygen atoms in total. The van der Waals surface area contributed by atoms with Crippen LogP contribution in [0.2, 0.25) is 0 Å². The van der Waals surface area contributed by atoms with Crippen LogP contribution >= 0.6 is 0 Å². The highest BCUT2D eigenvalue weighted by molar-refractivity contribution is 6.07. The molecule has 0 aromatic heterocycles. The number of carbonyl (C=O) groups is 1. The summed E-state index contributed by atoms with van der Waals surface area (Å²) in [5, 5.41) is 16.0. The van der Waals surface area contributed by atoms with Crippen LogP contribution < -0.4 is 5.73 Å². The van der Waals surface area contributed by atoms with E-state index >= 15 is 0 Å². The van der Waals surface area contributed by atoms with E-state index in [1.165, 1.54) is 0 Å². The Kier molecular flexibility index (Phi) is 2.28. The second-order valence-corrected chi connectivity index (χ2v) is 2.55. The molecule has 0 spiro atoms. The van der Waals surface area contributed by atoms with Crippen LogP contribution in [-0.2, 0) is 4.79 Å². The molecule has 0 amide bonds. The SMILES string of the molecule is N=C1CCC=CC1=C(N)C(=O)O. The Balaban J connectivity index is 3.06. The van der Waals surface area contributed by atoms with E-state index in [2.05, 4.69) is 0 Å². The largest absolute Gasteiger partial charge is 0.477 e. The van der Waals surface area contributed by atoms with E-state index in [1.807, 2.05) is 6.08 Å². The molecule has 12 heavy (non-hydrogen) atoms. The molecule has 64 valence electrons. The molecule has 0 unspecified atom stereocenters. The first-order valence-electron chi connectivity index (χ1n) is 3.60. The first-order chi connectivity index (χ1) is 5.63. The summed E-state index contributed by atoms with van der Waals surface area (Å²) in [6, 6.07) is 0. The molecule has 0 aliphatic heterocycles. The minimum atomic E-state index is -1.17. The van der Waals surface area contributed by atoms with Crippen molar-refractivity contribution in [2.45, 2.75) is 12.8 Å². The van der Waals surface area contributed by atoms with Gasteiger partial charge in [0.1, 0.15) is 5.70 Å². The molecule has 0 saturated heterocycles. The molecule has 0 aromatic rings.